The molecule has 1 N–H and O–H groups in total. The molecule has 0 bridgehead atoms. The van der Waals surface area contributed by atoms with Crippen molar-refractivity contribution in [3.05, 3.63) is 56.7 Å². The molecule has 3 aromatic rings. The van der Waals surface area contributed by atoms with Crippen LogP contribution in [-0.4, -0.2) is 26.1 Å². The highest BCUT2D eigenvalue weighted by molar-refractivity contribution is 5.74. The maximum atomic E-state index is 12.5. The molecule has 26 heavy (non-hydrogen) atoms. The van der Waals surface area contributed by atoms with E-state index in [1.807, 2.05) is 34.7 Å². The third-order valence-corrected chi connectivity index (χ3v) is 4.52. The minimum absolute atomic E-state index is 0.390. The fourth-order valence-electron chi connectivity index (χ4n) is 3.04. The van der Waals surface area contributed by atoms with Gasteiger partial charge in [0, 0.05) is 27.2 Å². The van der Waals surface area contributed by atoms with Gasteiger partial charge in [0.15, 0.2) is 11.2 Å². The Morgan fingerprint density at radius 3 is 2.54 bits per heavy atom. The molecule has 0 unspecified atom stereocenters. The number of H-pyrrole nitrogens is 1. The van der Waals surface area contributed by atoms with E-state index in [9.17, 15) is 9.59 Å². The van der Waals surface area contributed by atoms with Crippen LogP contribution < -0.4 is 16.1 Å². The van der Waals surface area contributed by atoms with Crippen molar-refractivity contribution in [1.82, 2.24) is 19.1 Å². The van der Waals surface area contributed by atoms with Crippen molar-refractivity contribution in [1.29, 1.82) is 0 Å². The van der Waals surface area contributed by atoms with Gasteiger partial charge < -0.3 is 9.47 Å². The third kappa shape index (κ3) is 3.42. The standard InChI is InChI=1S/C19H25N5O2/c1-13(2)10-11-24-15-16(23(4)19(26)21-17(15)25)20-18(24)22(3)12-14-8-6-5-7-9-14/h5-9,13H,10-12H2,1-4H3,(H,21,25,26). The number of benzene rings is 1. The van der Waals surface area contributed by atoms with E-state index < -0.39 is 11.2 Å². The maximum absolute atomic E-state index is 12.5. The molecule has 0 saturated heterocycles. The van der Waals surface area contributed by atoms with Crippen LogP contribution in [0.15, 0.2) is 39.9 Å². The zero-order valence-electron chi connectivity index (χ0n) is 15.7. The molecule has 1 aromatic carbocycles. The fourth-order valence-corrected chi connectivity index (χ4v) is 3.04. The van der Waals surface area contributed by atoms with E-state index in [1.165, 1.54) is 4.57 Å². The first-order valence-corrected chi connectivity index (χ1v) is 8.83. The molecule has 0 atom stereocenters. The predicted octanol–water partition coefficient (Wildman–Crippen LogP) is 2.11. The van der Waals surface area contributed by atoms with Crippen molar-refractivity contribution >= 4 is 17.1 Å². The smallest absolute Gasteiger partial charge is 0.329 e. The number of aromatic nitrogens is 4. The van der Waals surface area contributed by atoms with Gasteiger partial charge in [-0.3, -0.25) is 14.3 Å². The van der Waals surface area contributed by atoms with Crippen LogP contribution in [0.4, 0.5) is 5.95 Å². The van der Waals surface area contributed by atoms with Gasteiger partial charge in [0.25, 0.3) is 5.56 Å². The zero-order chi connectivity index (χ0) is 18.8. The van der Waals surface area contributed by atoms with Gasteiger partial charge in [0.1, 0.15) is 0 Å². The van der Waals surface area contributed by atoms with Crippen molar-refractivity contribution in [3.8, 4) is 0 Å². The van der Waals surface area contributed by atoms with E-state index in [0.717, 1.165) is 12.0 Å². The van der Waals surface area contributed by atoms with E-state index in [2.05, 4.69) is 35.9 Å². The second-order valence-electron chi connectivity index (χ2n) is 7.08. The van der Waals surface area contributed by atoms with E-state index in [1.54, 1.807) is 7.05 Å². The number of anilines is 1. The number of nitrogens with zero attached hydrogens (tertiary/aromatic N) is 4. The summed E-state index contributed by atoms with van der Waals surface area (Å²) in [7, 11) is 3.58. The van der Waals surface area contributed by atoms with E-state index in [-0.39, 0.29) is 0 Å². The van der Waals surface area contributed by atoms with Crippen molar-refractivity contribution in [3.63, 3.8) is 0 Å². The maximum Gasteiger partial charge on any atom is 0.329 e. The first-order chi connectivity index (χ1) is 12.4. The molecular formula is C19H25N5O2. The van der Waals surface area contributed by atoms with E-state index >= 15 is 0 Å². The summed E-state index contributed by atoms with van der Waals surface area (Å²) >= 11 is 0. The van der Waals surface area contributed by atoms with Crippen molar-refractivity contribution in [2.45, 2.75) is 33.4 Å². The molecular weight excluding hydrogens is 330 g/mol. The van der Waals surface area contributed by atoms with Gasteiger partial charge in [0.05, 0.1) is 0 Å². The minimum Gasteiger partial charge on any atom is -0.341 e. The van der Waals surface area contributed by atoms with E-state index in [0.29, 0.717) is 36.1 Å². The summed E-state index contributed by atoms with van der Waals surface area (Å²) in [4.78, 5) is 33.4. The number of imidazole rings is 1. The van der Waals surface area contributed by atoms with Crippen LogP contribution in [0.1, 0.15) is 25.8 Å². The lowest BCUT2D eigenvalue weighted by Crippen LogP contribution is -2.29. The summed E-state index contributed by atoms with van der Waals surface area (Å²) in [5.74, 6) is 1.18. The summed E-state index contributed by atoms with van der Waals surface area (Å²) < 4.78 is 3.32. The van der Waals surface area contributed by atoms with Crippen LogP contribution in [0.2, 0.25) is 0 Å². The summed E-state index contributed by atoms with van der Waals surface area (Å²) in [5, 5.41) is 0. The Hall–Kier alpha value is -2.83. The summed E-state index contributed by atoms with van der Waals surface area (Å²) in [6, 6.07) is 10.1. The Morgan fingerprint density at radius 2 is 1.88 bits per heavy atom. The SMILES string of the molecule is CC(C)CCn1c(N(C)Cc2ccccc2)nc2c1c(=O)[nH]c(=O)n2C. The van der Waals surface area contributed by atoms with Gasteiger partial charge in [-0.25, -0.2) is 4.79 Å². The lowest BCUT2D eigenvalue weighted by Gasteiger charge is -2.20. The highest BCUT2D eigenvalue weighted by Gasteiger charge is 2.20. The molecule has 0 aliphatic heterocycles. The molecule has 7 nitrogen and oxygen atoms in total. The molecule has 7 heteroatoms. The Balaban J connectivity index is 2.12. The van der Waals surface area contributed by atoms with Crippen LogP contribution in [0.5, 0.6) is 0 Å². The minimum atomic E-state index is -0.451. The second kappa shape index (κ2) is 7.19. The average molecular weight is 355 g/mol. The topological polar surface area (TPSA) is 75.9 Å². The van der Waals surface area contributed by atoms with Crippen molar-refractivity contribution in [2.24, 2.45) is 13.0 Å². The molecule has 0 amide bonds. The quantitative estimate of drug-likeness (QED) is 0.735. The Labute approximate surface area is 151 Å². The van der Waals surface area contributed by atoms with Crippen molar-refractivity contribution < 1.29 is 0 Å². The Bertz CT molecular complexity index is 1010. The molecule has 0 spiro atoms. The third-order valence-electron chi connectivity index (χ3n) is 4.52. The molecule has 2 heterocycles. The first kappa shape index (κ1) is 18.0. The molecule has 0 saturated carbocycles. The summed E-state index contributed by atoms with van der Waals surface area (Å²) in [6.07, 6.45) is 0.917. The van der Waals surface area contributed by atoms with Crippen LogP contribution >= 0.6 is 0 Å². The molecule has 0 radical (unpaired) electrons. The highest BCUT2D eigenvalue weighted by Crippen LogP contribution is 2.21. The van der Waals surface area contributed by atoms with Crippen LogP contribution in [0, 0.1) is 5.92 Å². The number of nitrogens with one attached hydrogen (secondary N) is 1. The molecule has 138 valence electrons. The number of aryl methyl sites for hydroxylation is 2. The molecule has 3 rings (SSSR count). The predicted molar refractivity (Wildman–Crippen MR) is 104 cm³/mol. The summed E-state index contributed by atoms with van der Waals surface area (Å²) in [5.41, 5.74) is 1.17. The van der Waals surface area contributed by atoms with Gasteiger partial charge in [-0.15, -0.1) is 0 Å². The van der Waals surface area contributed by atoms with Crippen LogP contribution in [0.25, 0.3) is 11.2 Å². The van der Waals surface area contributed by atoms with Gasteiger partial charge in [0.2, 0.25) is 5.95 Å². The van der Waals surface area contributed by atoms with Crippen LogP contribution in [0.3, 0.4) is 0 Å². The number of aromatic amines is 1. The van der Waals surface area contributed by atoms with Gasteiger partial charge in [-0.2, -0.15) is 4.98 Å². The lowest BCUT2D eigenvalue weighted by atomic mass is 10.1. The molecule has 0 aliphatic rings. The largest absolute Gasteiger partial charge is 0.341 e. The van der Waals surface area contributed by atoms with Gasteiger partial charge in [-0.05, 0) is 17.9 Å². The Morgan fingerprint density at radius 1 is 1.19 bits per heavy atom. The molecule has 2 aromatic heterocycles. The zero-order valence-corrected chi connectivity index (χ0v) is 15.7. The van der Waals surface area contributed by atoms with Crippen LogP contribution in [-0.2, 0) is 20.1 Å². The number of hydrogen-bond acceptors (Lipinski definition) is 4. The van der Waals surface area contributed by atoms with E-state index in [4.69, 9.17) is 0 Å². The number of rotatable bonds is 6. The average Bonchev–Trinajstić information content (AvgIpc) is 2.99. The fraction of sp³-hybridized carbons (Fsp3) is 0.421. The molecule has 0 fully saturated rings. The normalized spacial score (nSPS) is 11.4. The monoisotopic (exact) mass is 355 g/mol. The second-order valence-corrected chi connectivity index (χ2v) is 7.08. The van der Waals surface area contributed by atoms with Crippen molar-refractivity contribution in [2.75, 3.05) is 11.9 Å². The van der Waals surface area contributed by atoms with Gasteiger partial charge in [-0.1, -0.05) is 44.2 Å². The highest BCUT2D eigenvalue weighted by atomic mass is 16.2. The first-order valence-electron chi connectivity index (χ1n) is 8.83. The summed E-state index contributed by atoms with van der Waals surface area (Å²) in [6.45, 7) is 5.63. The number of fused-ring (bicyclic) bond motifs is 1. The molecule has 0 aliphatic carbocycles. The van der Waals surface area contributed by atoms with Gasteiger partial charge >= 0.3 is 5.69 Å². The number of hydrogen-bond donors (Lipinski definition) is 1. The Kier molecular flexibility index (Phi) is 4.97. The lowest BCUT2D eigenvalue weighted by molar-refractivity contribution is 0.520.